The van der Waals surface area contributed by atoms with E-state index >= 15 is 0 Å². The minimum absolute atomic E-state index is 0.0335. The summed E-state index contributed by atoms with van der Waals surface area (Å²) >= 11 is 0. The SMILES string of the molecule is Cc1nccc(N)c1Nc1ccccc1C(=O)c1ccccc1. The van der Waals surface area contributed by atoms with Crippen LogP contribution in [-0.4, -0.2) is 10.8 Å². The number of aromatic nitrogens is 1. The highest BCUT2D eigenvalue weighted by Crippen LogP contribution is 2.28. The van der Waals surface area contributed by atoms with Crippen molar-refractivity contribution in [1.82, 2.24) is 4.98 Å². The van der Waals surface area contributed by atoms with Crippen LogP contribution in [0.4, 0.5) is 17.1 Å². The van der Waals surface area contributed by atoms with E-state index in [0.717, 1.165) is 11.4 Å². The van der Waals surface area contributed by atoms with Crippen LogP contribution >= 0.6 is 0 Å². The topological polar surface area (TPSA) is 68.0 Å². The zero-order chi connectivity index (χ0) is 16.2. The lowest BCUT2D eigenvalue weighted by Gasteiger charge is -2.14. The predicted octanol–water partition coefficient (Wildman–Crippen LogP) is 3.95. The molecule has 0 atom stereocenters. The van der Waals surface area contributed by atoms with E-state index in [1.54, 1.807) is 18.3 Å². The van der Waals surface area contributed by atoms with Gasteiger partial charge in [0.1, 0.15) is 0 Å². The third kappa shape index (κ3) is 3.06. The van der Waals surface area contributed by atoms with Gasteiger partial charge in [-0.3, -0.25) is 9.78 Å². The van der Waals surface area contributed by atoms with Gasteiger partial charge in [0.15, 0.2) is 5.78 Å². The smallest absolute Gasteiger partial charge is 0.195 e. The molecule has 0 saturated heterocycles. The number of carbonyl (C=O) groups excluding carboxylic acids is 1. The highest BCUT2D eigenvalue weighted by atomic mass is 16.1. The summed E-state index contributed by atoms with van der Waals surface area (Å²) in [5.41, 5.74) is 10.1. The monoisotopic (exact) mass is 303 g/mol. The van der Waals surface area contributed by atoms with E-state index in [4.69, 9.17) is 5.73 Å². The molecule has 0 aliphatic heterocycles. The molecule has 0 amide bonds. The largest absolute Gasteiger partial charge is 0.397 e. The first kappa shape index (κ1) is 14.8. The average Bonchev–Trinajstić information content (AvgIpc) is 2.59. The van der Waals surface area contributed by atoms with Crippen molar-refractivity contribution in [2.24, 2.45) is 0 Å². The molecule has 0 aliphatic carbocycles. The number of aryl methyl sites for hydroxylation is 1. The van der Waals surface area contributed by atoms with Gasteiger partial charge in [0.2, 0.25) is 0 Å². The summed E-state index contributed by atoms with van der Waals surface area (Å²) in [4.78, 5) is 17.0. The maximum Gasteiger partial charge on any atom is 0.195 e. The van der Waals surface area contributed by atoms with E-state index in [0.29, 0.717) is 22.5 Å². The molecule has 0 radical (unpaired) electrons. The quantitative estimate of drug-likeness (QED) is 0.716. The Kier molecular flexibility index (Phi) is 4.06. The van der Waals surface area contributed by atoms with Gasteiger partial charge in [-0.2, -0.15) is 0 Å². The molecule has 0 unspecified atom stereocenters. The van der Waals surface area contributed by atoms with E-state index in [9.17, 15) is 4.79 Å². The van der Waals surface area contributed by atoms with Crippen LogP contribution in [0, 0.1) is 6.92 Å². The summed E-state index contributed by atoms with van der Waals surface area (Å²) < 4.78 is 0. The Hall–Kier alpha value is -3.14. The van der Waals surface area contributed by atoms with Gasteiger partial charge in [-0.15, -0.1) is 0 Å². The van der Waals surface area contributed by atoms with Crippen LogP contribution in [0.15, 0.2) is 66.9 Å². The van der Waals surface area contributed by atoms with Crippen molar-refractivity contribution < 1.29 is 4.79 Å². The number of para-hydroxylation sites is 1. The lowest BCUT2D eigenvalue weighted by molar-refractivity contribution is 0.103. The van der Waals surface area contributed by atoms with Crippen LogP contribution in [0.2, 0.25) is 0 Å². The number of hydrogen-bond donors (Lipinski definition) is 2. The zero-order valence-electron chi connectivity index (χ0n) is 12.8. The Bertz CT molecular complexity index is 824. The third-order valence-electron chi connectivity index (χ3n) is 3.64. The van der Waals surface area contributed by atoms with E-state index < -0.39 is 0 Å². The molecular formula is C19H17N3O. The zero-order valence-corrected chi connectivity index (χ0v) is 12.8. The minimum atomic E-state index is -0.0335. The van der Waals surface area contributed by atoms with Crippen LogP contribution in [0.25, 0.3) is 0 Å². The number of hydrogen-bond acceptors (Lipinski definition) is 4. The molecule has 4 heteroatoms. The lowest BCUT2D eigenvalue weighted by atomic mass is 10.0. The predicted molar refractivity (Wildman–Crippen MR) is 93.0 cm³/mol. The molecule has 0 bridgehead atoms. The van der Waals surface area contributed by atoms with Crippen molar-refractivity contribution >= 4 is 22.8 Å². The first-order valence-electron chi connectivity index (χ1n) is 7.33. The Morgan fingerprint density at radius 1 is 1.00 bits per heavy atom. The van der Waals surface area contributed by atoms with Crippen molar-refractivity contribution in [3.8, 4) is 0 Å². The fourth-order valence-corrected chi connectivity index (χ4v) is 2.42. The summed E-state index contributed by atoms with van der Waals surface area (Å²) in [6, 6.07) is 18.3. The third-order valence-corrected chi connectivity index (χ3v) is 3.64. The van der Waals surface area contributed by atoms with Crippen molar-refractivity contribution in [2.75, 3.05) is 11.1 Å². The molecule has 0 fully saturated rings. The second-order valence-corrected chi connectivity index (χ2v) is 5.23. The number of pyridine rings is 1. The van der Waals surface area contributed by atoms with Gasteiger partial charge >= 0.3 is 0 Å². The molecule has 3 N–H and O–H groups in total. The number of nitrogen functional groups attached to an aromatic ring is 1. The Balaban J connectivity index is 2.00. The number of nitrogens with two attached hydrogens (primary N) is 1. The highest BCUT2D eigenvalue weighted by molar-refractivity contribution is 6.12. The molecule has 3 rings (SSSR count). The average molecular weight is 303 g/mol. The van der Waals surface area contributed by atoms with Gasteiger partial charge in [-0.1, -0.05) is 42.5 Å². The normalized spacial score (nSPS) is 10.3. The molecule has 0 aliphatic rings. The number of benzene rings is 2. The van der Waals surface area contributed by atoms with E-state index in [-0.39, 0.29) is 5.78 Å². The van der Waals surface area contributed by atoms with E-state index in [2.05, 4.69) is 10.3 Å². The minimum Gasteiger partial charge on any atom is -0.397 e. The molecule has 2 aromatic carbocycles. The maximum atomic E-state index is 12.7. The number of carbonyl (C=O) groups is 1. The van der Waals surface area contributed by atoms with Crippen molar-refractivity contribution in [1.29, 1.82) is 0 Å². The number of ketones is 1. The molecular weight excluding hydrogens is 286 g/mol. The molecule has 23 heavy (non-hydrogen) atoms. The Labute approximate surface area is 135 Å². The number of nitrogens with one attached hydrogen (secondary N) is 1. The van der Waals surface area contributed by atoms with Crippen molar-refractivity contribution in [2.45, 2.75) is 6.92 Å². The van der Waals surface area contributed by atoms with Crippen LogP contribution < -0.4 is 11.1 Å². The fraction of sp³-hybridized carbons (Fsp3) is 0.0526. The second kappa shape index (κ2) is 6.32. The number of anilines is 3. The van der Waals surface area contributed by atoms with E-state index in [1.807, 2.05) is 55.5 Å². The van der Waals surface area contributed by atoms with Gasteiger partial charge < -0.3 is 11.1 Å². The first-order chi connectivity index (χ1) is 11.2. The number of rotatable bonds is 4. The summed E-state index contributed by atoms with van der Waals surface area (Å²) in [6.07, 6.45) is 1.66. The molecule has 0 spiro atoms. The van der Waals surface area contributed by atoms with Gasteiger partial charge in [-0.25, -0.2) is 0 Å². The summed E-state index contributed by atoms with van der Waals surface area (Å²) in [7, 11) is 0. The Morgan fingerprint density at radius 2 is 1.70 bits per heavy atom. The van der Waals surface area contributed by atoms with Crippen LogP contribution in [-0.2, 0) is 0 Å². The van der Waals surface area contributed by atoms with Gasteiger partial charge in [0, 0.05) is 23.0 Å². The summed E-state index contributed by atoms with van der Waals surface area (Å²) in [5.74, 6) is -0.0335. The van der Waals surface area contributed by atoms with Crippen LogP contribution in [0.1, 0.15) is 21.6 Å². The maximum absolute atomic E-state index is 12.7. The second-order valence-electron chi connectivity index (χ2n) is 5.23. The molecule has 114 valence electrons. The molecule has 4 nitrogen and oxygen atoms in total. The van der Waals surface area contributed by atoms with Crippen LogP contribution in [0.5, 0.6) is 0 Å². The molecule has 1 heterocycles. The van der Waals surface area contributed by atoms with Gasteiger partial charge in [0.05, 0.1) is 17.1 Å². The van der Waals surface area contributed by atoms with Crippen LogP contribution in [0.3, 0.4) is 0 Å². The lowest BCUT2D eigenvalue weighted by Crippen LogP contribution is -2.07. The summed E-state index contributed by atoms with van der Waals surface area (Å²) in [6.45, 7) is 1.88. The summed E-state index contributed by atoms with van der Waals surface area (Å²) in [5, 5.41) is 3.25. The van der Waals surface area contributed by atoms with E-state index in [1.165, 1.54) is 0 Å². The highest BCUT2D eigenvalue weighted by Gasteiger charge is 2.14. The van der Waals surface area contributed by atoms with Crippen molar-refractivity contribution in [3.05, 3.63) is 83.7 Å². The van der Waals surface area contributed by atoms with Gasteiger partial charge in [-0.05, 0) is 25.1 Å². The standard InChI is InChI=1S/C19H17N3O/c1-13-18(16(20)11-12-21-13)22-17-10-6-5-9-15(17)19(23)14-7-3-2-4-8-14/h2-12,22H,1H3,(H2,20,21). The fourth-order valence-electron chi connectivity index (χ4n) is 2.42. The van der Waals surface area contributed by atoms with Crippen molar-refractivity contribution in [3.63, 3.8) is 0 Å². The Morgan fingerprint density at radius 3 is 2.43 bits per heavy atom. The van der Waals surface area contributed by atoms with Gasteiger partial charge in [0.25, 0.3) is 0 Å². The number of nitrogens with zero attached hydrogens (tertiary/aromatic N) is 1. The molecule has 1 aromatic heterocycles. The molecule has 0 saturated carbocycles. The first-order valence-corrected chi connectivity index (χ1v) is 7.33. The molecule has 3 aromatic rings.